The Morgan fingerprint density at radius 1 is 1.39 bits per heavy atom. The fourth-order valence-electron chi connectivity index (χ4n) is 2.53. The second-order valence-electron chi connectivity index (χ2n) is 4.83. The van der Waals surface area contributed by atoms with Gasteiger partial charge in [-0.3, -0.25) is 4.79 Å². The van der Waals surface area contributed by atoms with Crippen LogP contribution in [-0.2, 0) is 6.42 Å². The summed E-state index contributed by atoms with van der Waals surface area (Å²) in [6.45, 7) is 2.65. The van der Waals surface area contributed by atoms with Crippen LogP contribution >= 0.6 is 0 Å². The minimum atomic E-state index is 0.0286. The smallest absolute Gasteiger partial charge is 0.202 e. The van der Waals surface area contributed by atoms with Gasteiger partial charge in [0.15, 0.2) is 5.43 Å². The summed E-state index contributed by atoms with van der Waals surface area (Å²) in [6.07, 6.45) is 1.73. The summed E-state index contributed by atoms with van der Waals surface area (Å²) in [5.74, 6) is 0.802. The third kappa shape index (κ3) is 1.41. The van der Waals surface area contributed by atoms with Crippen LogP contribution in [0.1, 0.15) is 17.5 Å². The minimum Gasteiger partial charge on any atom is -0.508 e. The fraction of sp³-hybridized carbons (Fsp3) is 0.357. The molecule has 0 bridgehead atoms. The quantitative estimate of drug-likeness (QED) is 0.773. The van der Waals surface area contributed by atoms with Gasteiger partial charge in [-0.2, -0.15) is 0 Å². The van der Waals surface area contributed by atoms with Crippen molar-refractivity contribution in [2.24, 2.45) is 0 Å². The maximum atomic E-state index is 12.4. The molecule has 1 aliphatic rings. The van der Waals surface area contributed by atoms with Crippen LogP contribution in [0.15, 0.2) is 21.3 Å². The maximum absolute atomic E-state index is 12.4. The van der Waals surface area contributed by atoms with Crippen LogP contribution in [0.3, 0.4) is 0 Å². The number of hydrogen-bond acceptors (Lipinski definition) is 4. The fourth-order valence-corrected chi connectivity index (χ4v) is 2.53. The molecular weight excluding hydrogens is 230 g/mol. The molecule has 1 aromatic carbocycles. The number of phenols is 1. The van der Waals surface area contributed by atoms with Crippen molar-refractivity contribution >= 4 is 16.9 Å². The average molecular weight is 245 g/mol. The molecule has 0 fully saturated rings. The number of aromatic hydroxyl groups is 1. The lowest BCUT2D eigenvalue weighted by Crippen LogP contribution is -2.28. The molecular formula is C14H15NO3. The Morgan fingerprint density at radius 2 is 2.17 bits per heavy atom. The first-order valence-electron chi connectivity index (χ1n) is 6.09. The Labute approximate surface area is 104 Å². The number of hydrogen-bond donors (Lipinski definition) is 1. The van der Waals surface area contributed by atoms with E-state index in [0.29, 0.717) is 22.4 Å². The zero-order valence-electron chi connectivity index (χ0n) is 10.5. The Hall–Kier alpha value is -1.97. The van der Waals surface area contributed by atoms with Crippen LogP contribution in [0.4, 0.5) is 5.88 Å². The van der Waals surface area contributed by atoms with Crippen LogP contribution in [-0.4, -0.2) is 18.7 Å². The Morgan fingerprint density at radius 3 is 2.94 bits per heavy atom. The van der Waals surface area contributed by atoms with Crippen molar-refractivity contribution in [3.05, 3.63) is 33.5 Å². The predicted octanol–water partition coefficient (Wildman–Crippen LogP) is 2.19. The van der Waals surface area contributed by atoms with Crippen molar-refractivity contribution in [3.63, 3.8) is 0 Å². The zero-order valence-corrected chi connectivity index (χ0v) is 10.5. The zero-order chi connectivity index (χ0) is 12.9. The molecule has 4 heteroatoms. The third-order valence-corrected chi connectivity index (χ3v) is 3.62. The summed E-state index contributed by atoms with van der Waals surface area (Å²) in [4.78, 5) is 14.4. The molecule has 0 saturated heterocycles. The van der Waals surface area contributed by atoms with E-state index in [9.17, 15) is 9.90 Å². The first kappa shape index (κ1) is 11.1. The van der Waals surface area contributed by atoms with Gasteiger partial charge in [0.05, 0.1) is 10.9 Å². The highest BCUT2D eigenvalue weighted by Crippen LogP contribution is 2.31. The van der Waals surface area contributed by atoms with E-state index in [1.807, 2.05) is 11.9 Å². The first-order chi connectivity index (χ1) is 8.59. The standard InChI is InChI=1S/C14H15NO3/c1-8-11(16)6-5-9-12(17)10-4-3-7-15(2)14(10)18-13(8)9/h5-6,16H,3-4,7H2,1-2H3. The van der Waals surface area contributed by atoms with E-state index in [1.54, 1.807) is 19.1 Å². The molecule has 4 nitrogen and oxygen atoms in total. The molecule has 0 aliphatic carbocycles. The number of nitrogens with zero attached hydrogens (tertiary/aromatic N) is 1. The van der Waals surface area contributed by atoms with Crippen molar-refractivity contribution in [1.82, 2.24) is 0 Å². The lowest BCUT2D eigenvalue weighted by molar-refractivity contribution is 0.468. The number of phenolic OH excluding ortho intramolecular Hbond substituents is 1. The van der Waals surface area contributed by atoms with Gasteiger partial charge in [0.2, 0.25) is 5.88 Å². The summed E-state index contributed by atoms with van der Waals surface area (Å²) >= 11 is 0. The van der Waals surface area contributed by atoms with E-state index in [0.717, 1.165) is 24.9 Å². The number of fused-ring (bicyclic) bond motifs is 2. The maximum Gasteiger partial charge on any atom is 0.202 e. The molecule has 0 radical (unpaired) electrons. The largest absolute Gasteiger partial charge is 0.508 e. The molecule has 2 heterocycles. The van der Waals surface area contributed by atoms with Crippen molar-refractivity contribution in [2.45, 2.75) is 19.8 Å². The van der Waals surface area contributed by atoms with Gasteiger partial charge < -0.3 is 14.4 Å². The van der Waals surface area contributed by atoms with Crippen molar-refractivity contribution in [1.29, 1.82) is 0 Å². The van der Waals surface area contributed by atoms with Crippen molar-refractivity contribution in [2.75, 3.05) is 18.5 Å². The van der Waals surface area contributed by atoms with Crippen LogP contribution in [0.2, 0.25) is 0 Å². The van der Waals surface area contributed by atoms with E-state index in [4.69, 9.17) is 4.42 Å². The number of aryl methyl sites for hydroxylation is 1. The minimum absolute atomic E-state index is 0.0286. The van der Waals surface area contributed by atoms with Crippen LogP contribution in [0.5, 0.6) is 5.75 Å². The van der Waals surface area contributed by atoms with Crippen molar-refractivity contribution < 1.29 is 9.52 Å². The van der Waals surface area contributed by atoms with E-state index >= 15 is 0 Å². The van der Waals surface area contributed by atoms with Gasteiger partial charge in [-0.05, 0) is 31.9 Å². The summed E-state index contributed by atoms with van der Waals surface area (Å²) < 4.78 is 5.85. The summed E-state index contributed by atoms with van der Waals surface area (Å²) in [7, 11) is 1.92. The molecule has 1 aromatic heterocycles. The highest BCUT2D eigenvalue weighted by molar-refractivity contribution is 5.84. The van der Waals surface area contributed by atoms with Gasteiger partial charge in [-0.1, -0.05) is 0 Å². The van der Waals surface area contributed by atoms with Gasteiger partial charge in [0, 0.05) is 19.2 Å². The van der Waals surface area contributed by atoms with Crippen LogP contribution < -0.4 is 10.3 Å². The third-order valence-electron chi connectivity index (χ3n) is 3.62. The molecule has 0 atom stereocenters. The van der Waals surface area contributed by atoms with E-state index in [1.165, 1.54) is 0 Å². The van der Waals surface area contributed by atoms with Crippen LogP contribution in [0, 0.1) is 6.92 Å². The second-order valence-corrected chi connectivity index (χ2v) is 4.83. The summed E-state index contributed by atoms with van der Waals surface area (Å²) in [6, 6.07) is 3.19. The molecule has 2 aromatic rings. The van der Waals surface area contributed by atoms with Gasteiger partial charge in [-0.25, -0.2) is 0 Å². The summed E-state index contributed by atoms with van der Waals surface area (Å²) in [5.41, 5.74) is 1.89. The van der Waals surface area contributed by atoms with E-state index in [2.05, 4.69) is 0 Å². The molecule has 3 rings (SSSR count). The lowest BCUT2D eigenvalue weighted by atomic mass is 10.0. The second kappa shape index (κ2) is 3.77. The van der Waals surface area contributed by atoms with E-state index < -0.39 is 0 Å². The Balaban J connectivity index is 2.44. The highest BCUT2D eigenvalue weighted by atomic mass is 16.4. The molecule has 1 N–H and O–H groups in total. The van der Waals surface area contributed by atoms with Gasteiger partial charge in [0.25, 0.3) is 0 Å². The topological polar surface area (TPSA) is 53.7 Å². The molecule has 0 amide bonds. The molecule has 0 spiro atoms. The van der Waals surface area contributed by atoms with Gasteiger partial charge in [0.1, 0.15) is 11.3 Å². The SMILES string of the molecule is Cc1c(O)ccc2c(=O)c3c(oc12)N(C)CCC3. The van der Waals surface area contributed by atoms with Crippen LogP contribution in [0.25, 0.3) is 11.0 Å². The van der Waals surface area contributed by atoms with Crippen molar-refractivity contribution in [3.8, 4) is 5.75 Å². The highest BCUT2D eigenvalue weighted by Gasteiger charge is 2.22. The van der Waals surface area contributed by atoms with Gasteiger partial charge in [-0.15, -0.1) is 0 Å². The number of rotatable bonds is 0. The first-order valence-corrected chi connectivity index (χ1v) is 6.09. The normalized spacial score (nSPS) is 14.9. The summed E-state index contributed by atoms with van der Waals surface area (Å²) in [5, 5.41) is 10.3. The number of anilines is 1. The lowest BCUT2D eigenvalue weighted by Gasteiger charge is -2.25. The molecule has 18 heavy (non-hydrogen) atoms. The number of benzene rings is 1. The monoisotopic (exact) mass is 245 g/mol. The van der Waals surface area contributed by atoms with E-state index in [-0.39, 0.29) is 11.2 Å². The Bertz CT molecular complexity index is 687. The molecule has 1 aliphatic heterocycles. The molecule has 0 unspecified atom stereocenters. The van der Waals surface area contributed by atoms with Gasteiger partial charge >= 0.3 is 0 Å². The Kier molecular flexibility index (Phi) is 2.33. The molecule has 94 valence electrons. The molecule has 0 saturated carbocycles. The average Bonchev–Trinajstić information content (AvgIpc) is 2.36. The predicted molar refractivity (Wildman–Crippen MR) is 70.5 cm³/mol.